The number of piperazine rings is 1. The van der Waals surface area contributed by atoms with Crippen LogP contribution in [0.3, 0.4) is 0 Å². The van der Waals surface area contributed by atoms with Gasteiger partial charge in [0.2, 0.25) is 0 Å². The number of ether oxygens (including phenoxy) is 1. The fourth-order valence-electron chi connectivity index (χ4n) is 3.56. The van der Waals surface area contributed by atoms with Crippen molar-refractivity contribution in [2.45, 2.75) is 0 Å². The van der Waals surface area contributed by atoms with Crippen LogP contribution in [-0.4, -0.2) is 80.2 Å². The van der Waals surface area contributed by atoms with Gasteiger partial charge in [-0.2, -0.15) is 0 Å². The van der Waals surface area contributed by atoms with E-state index < -0.39 is 0 Å². The number of morpholine rings is 1. The van der Waals surface area contributed by atoms with Crippen molar-refractivity contribution in [2.75, 3.05) is 64.4 Å². The molecule has 0 saturated carbocycles. The molecule has 1 amide bonds. The van der Waals surface area contributed by atoms with E-state index in [-0.39, 0.29) is 5.91 Å². The Morgan fingerprint density at radius 3 is 2.40 bits per heavy atom. The second-order valence-electron chi connectivity index (χ2n) is 6.74. The maximum absolute atomic E-state index is 13.0. The van der Waals surface area contributed by atoms with Crippen LogP contribution in [0.15, 0.2) is 30.5 Å². The summed E-state index contributed by atoms with van der Waals surface area (Å²) >= 11 is 0. The molecule has 0 aliphatic carbocycles. The molecule has 2 aliphatic rings. The first kappa shape index (κ1) is 16.3. The summed E-state index contributed by atoms with van der Waals surface area (Å²) in [7, 11) is 2.09. The minimum atomic E-state index is 0.0883. The molecule has 0 radical (unpaired) electrons. The number of likely N-dealkylation sites (N-methyl/N-ethyl adjacent to an activating group) is 1. The van der Waals surface area contributed by atoms with Gasteiger partial charge in [-0.3, -0.25) is 4.79 Å². The Hall–Kier alpha value is -2.18. The highest BCUT2D eigenvalue weighted by atomic mass is 16.5. The van der Waals surface area contributed by atoms with E-state index in [1.807, 2.05) is 23.1 Å². The molecule has 4 rings (SSSR count). The predicted octanol–water partition coefficient (Wildman–Crippen LogP) is 1.46. The zero-order valence-corrected chi connectivity index (χ0v) is 14.6. The van der Waals surface area contributed by atoms with Crippen molar-refractivity contribution >= 4 is 22.5 Å². The Morgan fingerprint density at radius 2 is 1.68 bits per heavy atom. The van der Waals surface area contributed by atoms with Crippen LogP contribution in [0.1, 0.15) is 10.4 Å². The molecule has 6 heteroatoms. The van der Waals surface area contributed by atoms with Gasteiger partial charge in [-0.25, -0.2) is 4.98 Å². The van der Waals surface area contributed by atoms with Crippen LogP contribution in [0.25, 0.3) is 10.8 Å². The van der Waals surface area contributed by atoms with Crippen LogP contribution >= 0.6 is 0 Å². The Labute approximate surface area is 148 Å². The fourth-order valence-corrected chi connectivity index (χ4v) is 3.56. The molecule has 2 fully saturated rings. The third kappa shape index (κ3) is 3.19. The Morgan fingerprint density at radius 1 is 1.00 bits per heavy atom. The number of benzene rings is 1. The molecule has 2 aliphatic heterocycles. The lowest BCUT2D eigenvalue weighted by atomic mass is 10.0. The van der Waals surface area contributed by atoms with E-state index in [0.29, 0.717) is 5.56 Å². The van der Waals surface area contributed by atoms with Gasteiger partial charge in [-0.1, -0.05) is 24.3 Å². The van der Waals surface area contributed by atoms with Crippen molar-refractivity contribution in [2.24, 2.45) is 0 Å². The van der Waals surface area contributed by atoms with Gasteiger partial charge in [0.05, 0.1) is 18.8 Å². The van der Waals surface area contributed by atoms with Gasteiger partial charge in [0.1, 0.15) is 5.82 Å². The second kappa shape index (κ2) is 6.98. The predicted molar refractivity (Wildman–Crippen MR) is 98.2 cm³/mol. The second-order valence-corrected chi connectivity index (χ2v) is 6.74. The quantitative estimate of drug-likeness (QED) is 0.828. The van der Waals surface area contributed by atoms with Crippen molar-refractivity contribution in [3.8, 4) is 0 Å². The highest BCUT2D eigenvalue weighted by Crippen LogP contribution is 2.28. The monoisotopic (exact) mass is 340 g/mol. The van der Waals surface area contributed by atoms with E-state index in [1.54, 1.807) is 6.20 Å². The standard InChI is InChI=1S/C19H24N4O2/c1-21-6-8-23(9-7-21)19(24)17-14-20-18(22-10-12-25-13-11-22)16-5-3-2-4-15(16)17/h2-5,14H,6-13H2,1H3. The third-order valence-corrected chi connectivity index (χ3v) is 5.11. The Balaban J connectivity index is 1.69. The number of hydrogen-bond donors (Lipinski definition) is 0. The first-order valence-electron chi connectivity index (χ1n) is 8.92. The zero-order chi connectivity index (χ0) is 17.2. The first-order chi connectivity index (χ1) is 12.2. The minimum absolute atomic E-state index is 0.0883. The summed E-state index contributed by atoms with van der Waals surface area (Å²) in [4.78, 5) is 24.2. The smallest absolute Gasteiger partial charge is 0.256 e. The normalized spacial score (nSPS) is 19.4. The molecule has 3 heterocycles. The average molecular weight is 340 g/mol. The highest BCUT2D eigenvalue weighted by Gasteiger charge is 2.24. The molecular formula is C19H24N4O2. The molecule has 2 aromatic rings. The maximum Gasteiger partial charge on any atom is 0.256 e. The number of pyridine rings is 1. The van der Waals surface area contributed by atoms with Crippen LogP contribution < -0.4 is 4.90 Å². The summed E-state index contributed by atoms with van der Waals surface area (Å²) < 4.78 is 5.45. The molecule has 132 valence electrons. The topological polar surface area (TPSA) is 48.9 Å². The molecule has 0 atom stereocenters. The molecule has 2 saturated heterocycles. The molecule has 25 heavy (non-hydrogen) atoms. The lowest BCUT2D eigenvalue weighted by molar-refractivity contribution is 0.0665. The van der Waals surface area contributed by atoms with E-state index >= 15 is 0 Å². The summed E-state index contributed by atoms with van der Waals surface area (Å²) in [6, 6.07) is 8.10. The number of hydrogen-bond acceptors (Lipinski definition) is 5. The number of fused-ring (bicyclic) bond motifs is 1. The number of aromatic nitrogens is 1. The van der Waals surface area contributed by atoms with E-state index in [1.165, 1.54) is 0 Å². The molecule has 0 unspecified atom stereocenters. The zero-order valence-electron chi connectivity index (χ0n) is 14.6. The molecule has 1 aromatic carbocycles. The van der Waals surface area contributed by atoms with Crippen molar-refractivity contribution in [1.29, 1.82) is 0 Å². The highest BCUT2D eigenvalue weighted by molar-refractivity contribution is 6.09. The van der Waals surface area contributed by atoms with E-state index in [4.69, 9.17) is 4.74 Å². The number of rotatable bonds is 2. The number of carbonyl (C=O) groups excluding carboxylic acids is 1. The van der Waals surface area contributed by atoms with Crippen LogP contribution in [-0.2, 0) is 4.74 Å². The molecule has 1 aromatic heterocycles. The SMILES string of the molecule is CN1CCN(C(=O)c2cnc(N3CCOCC3)c3ccccc23)CC1. The van der Waals surface area contributed by atoms with Crippen molar-refractivity contribution in [3.63, 3.8) is 0 Å². The summed E-state index contributed by atoms with van der Waals surface area (Å²) in [5.74, 6) is 1.04. The van der Waals surface area contributed by atoms with Gasteiger partial charge in [0.25, 0.3) is 5.91 Å². The third-order valence-electron chi connectivity index (χ3n) is 5.11. The maximum atomic E-state index is 13.0. The van der Waals surface area contributed by atoms with E-state index in [0.717, 1.165) is 69.1 Å². The number of anilines is 1. The fraction of sp³-hybridized carbons (Fsp3) is 0.474. The number of amides is 1. The number of nitrogens with zero attached hydrogens (tertiary/aromatic N) is 4. The van der Waals surface area contributed by atoms with Crippen LogP contribution in [0.4, 0.5) is 5.82 Å². The van der Waals surface area contributed by atoms with Crippen molar-refractivity contribution < 1.29 is 9.53 Å². The van der Waals surface area contributed by atoms with Gasteiger partial charge in [-0.15, -0.1) is 0 Å². The van der Waals surface area contributed by atoms with Crippen LogP contribution in [0.2, 0.25) is 0 Å². The molecule has 0 spiro atoms. The van der Waals surface area contributed by atoms with Crippen molar-refractivity contribution in [1.82, 2.24) is 14.8 Å². The molecule has 0 N–H and O–H groups in total. The van der Waals surface area contributed by atoms with E-state index in [2.05, 4.69) is 27.9 Å². The summed E-state index contributed by atoms with van der Waals surface area (Å²) in [6.45, 7) is 6.50. The van der Waals surface area contributed by atoms with Gasteiger partial charge in [0, 0.05) is 50.9 Å². The van der Waals surface area contributed by atoms with E-state index in [9.17, 15) is 4.79 Å². The lowest BCUT2D eigenvalue weighted by Crippen LogP contribution is -2.47. The largest absolute Gasteiger partial charge is 0.378 e. The Bertz CT molecular complexity index is 765. The molecule has 0 bridgehead atoms. The van der Waals surface area contributed by atoms with Crippen molar-refractivity contribution in [3.05, 3.63) is 36.0 Å². The number of carbonyl (C=O) groups is 1. The average Bonchev–Trinajstić information content (AvgIpc) is 2.68. The van der Waals surface area contributed by atoms with Gasteiger partial charge in [0.15, 0.2) is 0 Å². The van der Waals surface area contributed by atoms with Gasteiger partial charge < -0.3 is 19.4 Å². The summed E-state index contributed by atoms with van der Waals surface area (Å²) in [6.07, 6.45) is 1.76. The Kier molecular flexibility index (Phi) is 4.55. The van der Waals surface area contributed by atoms with Gasteiger partial charge in [-0.05, 0) is 12.4 Å². The summed E-state index contributed by atoms with van der Waals surface area (Å²) in [5, 5.41) is 2.03. The van der Waals surface area contributed by atoms with Crippen LogP contribution in [0.5, 0.6) is 0 Å². The molecule has 6 nitrogen and oxygen atoms in total. The minimum Gasteiger partial charge on any atom is -0.378 e. The van der Waals surface area contributed by atoms with Gasteiger partial charge >= 0.3 is 0 Å². The molecular weight excluding hydrogens is 316 g/mol. The van der Waals surface area contributed by atoms with Crippen LogP contribution in [0, 0.1) is 0 Å². The first-order valence-corrected chi connectivity index (χ1v) is 8.92. The summed E-state index contributed by atoms with van der Waals surface area (Å²) in [5.41, 5.74) is 0.706. The lowest BCUT2D eigenvalue weighted by Gasteiger charge is -2.33.